The first kappa shape index (κ1) is 11.4. The molecule has 1 rings (SSSR count). The maximum absolute atomic E-state index is 4.27. The minimum absolute atomic E-state index is 1.01. The molecule has 0 aliphatic carbocycles. The lowest BCUT2D eigenvalue weighted by Gasteiger charge is -1.99. The van der Waals surface area contributed by atoms with Crippen molar-refractivity contribution in [3.05, 3.63) is 59.7 Å². The summed E-state index contributed by atoms with van der Waals surface area (Å²) in [5.74, 6) is 0. The van der Waals surface area contributed by atoms with E-state index in [1.54, 1.807) is 0 Å². The second-order valence-corrected chi connectivity index (χ2v) is 3.34. The first-order valence-corrected chi connectivity index (χ1v) is 5.11. The van der Waals surface area contributed by atoms with Crippen LogP contribution < -0.4 is 0 Å². The van der Waals surface area contributed by atoms with Crippen LogP contribution in [-0.2, 0) is 0 Å². The van der Waals surface area contributed by atoms with Gasteiger partial charge < -0.3 is 0 Å². The molecule has 15 heavy (non-hydrogen) atoms. The summed E-state index contributed by atoms with van der Waals surface area (Å²) in [5.41, 5.74) is 3.41. The number of hydrogen-bond acceptors (Lipinski definition) is 1. The topological polar surface area (TPSA) is 12.4 Å². The van der Waals surface area contributed by atoms with E-state index in [0.717, 1.165) is 11.3 Å². The maximum atomic E-state index is 4.27. The molecule has 0 radical (unpaired) electrons. The molecule has 0 N–H and O–H groups in total. The molecule has 78 valence electrons. The highest BCUT2D eigenvalue weighted by Crippen LogP contribution is 2.04. The Kier molecular flexibility index (Phi) is 4.55. The van der Waals surface area contributed by atoms with Crippen LogP contribution in [0.25, 0.3) is 0 Å². The average Bonchev–Trinajstić information content (AvgIpc) is 2.31. The minimum Gasteiger partial charge on any atom is -0.288 e. The van der Waals surface area contributed by atoms with Crippen molar-refractivity contribution in [1.29, 1.82) is 0 Å². The van der Waals surface area contributed by atoms with Crippen molar-refractivity contribution in [1.82, 2.24) is 0 Å². The maximum Gasteiger partial charge on any atom is 0.0643 e. The molecule has 0 saturated heterocycles. The average molecular weight is 199 g/mol. The van der Waals surface area contributed by atoms with E-state index < -0.39 is 0 Å². The molecular formula is C14H17N. The Morgan fingerprint density at radius 2 is 1.80 bits per heavy atom. The minimum atomic E-state index is 1.01. The van der Waals surface area contributed by atoms with Crippen molar-refractivity contribution in [2.45, 2.75) is 13.8 Å². The smallest absolute Gasteiger partial charge is 0.0643 e. The lowest BCUT2D eigenvalue weighted by Crippen LogP contribution is -1.95. The molecule has 0 aromatic heterocycles. The second kappa shape index (κ2) is 5.97. The van der Waals surface area contributed by atoms with Crippen LogP contribution in [0.1, 0.15) is 19.4 Å². The van der Waals surface area contributed by atoms with Crippen molar-refractivity contribution < 1.29 is 0 Å². The van der Waals surface area contributed by atoms with Crippen LogP contribution in [0.3, 0.4) is 0 Å². The highest BCUT2D eigenvalue weighted by molar-refractivity contribution is 6.08. The number of nitrogens with zero attached hydrogens (tertiary/aromatic N) is 1. The summed E-state index contributed by atoms with van der Waals surface area (Å²) in [6.45, 7) is 4.11. The van der Waals surface area contributed by atoms with Crippen LogP contribution in [0.2, 0.25) is 0 Å². The Morgan fingerprint density at radius 3 is 2.33 bits per heavy atom. The fraction of sp³-hybridized carbons (Fsp3) is 0.214. The summed E-state index contributed by atoms with van der Waals surface area (Å²) in [6.07, 6.45) is 6.20. The van der Waals surface area contributed by atoms with E-state index in [1.807, 2.05) is 38.2 Å². The molecule has 0 amide bonds. The third-order valence-electron chi connectivity index (χ3n) is 2.27. The van der Waals surface area contributed by atoms with Crippen molar-refractivity contribution in [3.63, 3.8) is 0 Å². The van der Waals surface area contributed by atoms with Gasteiger partial charge in [0.25, 0.3) is 0 Å². The van der Waals surface area contributed by atoms with Gasteiger partial charge in [0, 0.05) is 7.05 Å². The highest BCUT2D eigenvalue weighted by atomic mass is 14.7. The van der Waals surface area contributed by atoms with E-state index in [9.17, 15) is 0 Å². The molecular weight excluding hydrogens is 182 g/mol. The van der Waals surface area contributed by atoms with Crippen LogP contribution in [0.5, 0.6) is 0 Å². The molecule has 1 nitrogen and oxygen atoms in total. The highest BCUT2D eigenvalue weighted by Gasteiger charge is 1.95. The summed E-state index contributed by atoms with van der Waals surface area (Å²) < 4.78 is 0. The zero-order valence-electron chi connectivity index (χ0n) is 9.57. The van der Waals surface area contributed by atoms with Crippen LogP contribution in [0, 0.1) is 0 Å². The third kappa shape index (κ3) is 3.55. The Labute approximate surface area is 91.9 Å². The normalized spacial score (nSPS) is 13.5. The molecule has 1 aromatic rings. The second-order valence-electron chi connectivity index (χ2n) is 3.34. The van der Waals surface area contributed by atoms with Gasteiger partial charge in [-0.15, -0.1) is 0 Å². The van der Waals surface area contributed by atoms with E-state index in [0.29, 0.717) is 0 Å². The van der Waals surface area contributed by atoms with Gasteiger partial charge in [0.15, 0.2) is 0 Å². The van der Waals surface area contributed by atoms with Gasteiger partial charge in [-0.2, -0.15) is 0 Å². The van der Waals surface area contributed by atoms with Gasteiger partial charge in [0.1, 0.15) is 0 Å². The number of hydrogen-bond donors (Lipinski definition) is 0. The largest absolute Gasteiger partial charge is 0.288 e. The standard InChI is InChI=1S/C14H17N/c1-4-12(2)10-11-14(15-3)13-8-6-5-7-9-13/h4-11H,1-3H3/b11-10-,12-4+,15-14?. The monoisotopic (exact) mass is 199 g/mol. The molecule has 1 aromatic carbocycles. The fourth-order valence-electron chi connectivity index (χ4n) is 1.22. The number of rotatable bonds is 3. The summed E-state index contributed by atoms with van der Waals surface area (Å²) in [7, 11) is 1.82. The van der Waals surface area contributed by atoms with Crippen LogP contribution in [0.4, 0.5) is 0 Å². The zero-order chi connectivity index (χ0) is 11.1. The van der Waals surface area contributed by atoms with E-state index in [1.165, 1.54) is 5.57 Å². The van der Waals surface area contributed by atoms with Crippen LogP contribution in [0.15, 0.2) is 59.1 Å². The Morgan fingerprint density at radius 1 is 1.13 bits per heavy atom. The van der Waals surface area contributed by atoms with E-state index >= 15 is 0 Å². The Balaban J connectivity index is 2.89. The molecule has 0 spiro atoms. The number of benzene rings is 1. The first-order valence-electron chi connectivity index (χ1n) is 5.11. The molecule has 0 bridgehead atoms. The zero-order valence-corrected chi connectivity index (χ0v) is 9.57. The molecule has 0 aliphatic rings. The van der Waals surface area contributed by atoms with Gasteiger partial charge in [-0.1, -0.05) is 48.1 Å². The van der Waals surface area contributed by atoms with Crippen LogP contribution >= 0.6 is 0 Å². The lowest BCUT2D eigenvalue weighted by atomic mass is 10.1. The van der Waals surface area contributed by atoms with Gasteiger partial charge in [-0.3, -0.25) is 4.99 Å². The molecule has 0 unspecified atom stereocenters. The fourth-order valence-corrected chi connectivity index (χ4v) is 1.22. The number of allylic oxidation sites excluding steroid dienone is 4. The molecule has 0 saturated carbocycles. The van der Waals surface area contributed by atoms with E-state index in [2.05, 4.69) is 36.2 Å². The predicted octanol–water partition coefficient (Wildman–Crippen LogP) is 3.63. The summed E-state index contributed by atoms with van der Waals surface area (Å²) in [4.78, 5) is 4.27. The summed E-state index contributed by atoms with van der Waals surface area (Å²) in [5, 5.41) is 0. The van der Waals surface area contributed by atoms with Crippen molar-refractivity contribution in [2.75, 3.05) is 7.05 Å². The molecule has 0 atom stereocenters. The van der Waals surface area contributed by atoms with Gasteiger partial charge in [-0.25, -0.2) is 0 Å². The molecule has 0 heterocycles. The van der Waals surface area contributed by atoms with Gasteiger partial charge in [-0.05, 0) is 25.5 Å². The Hall–Kier alpha value is -1.63. The van der Waals surface area contributed by atoms with Gasteiger partial charge in [0.2, 0.25) is 0 Å². The number of aliphatic imine (C=N–C) groups is 1. The van der Waals surface area contributed by atoms with E-state index in [4.69, 9.17) is 0 Å². The van der Waals surface area contributed by atoms with Crippen molar-refractivity contribution in [3.8, 4) is 0 Å². The summed E-state index contributed by atoms with van der Waals surface area (Å²) >= 11 is 0. The molecule has 0 aliphatic heterocycles. The molecule has 0 fully saturated rings. The Bertz CT molecular complexity index is 383. The third-order valence-corrected chi connectivity index (χ3v) is 2.27. The van der Waals surface area contributed by atoms with Gasteiger partial charge >= 0.3 is 0 Å². The SMILES string of the molecule is C/C=C(C)/C=C\C(=NC)c1ccccc1. The molecule has 1 heteroatoms. The quantitative estimate of drug-likeness (QED) is 0.520. The summed E-state index contributed by atoms with van der Waals surface area (Å²) in [6, 6.07) is 10.2. The van der Waals surface area contributed by atoms with Gasteiger partial charge in [0.05, 0.1) is 5.71 Å². The van der Waals surface area contributed by atoms with Crippen molar-refractivity contribution in [2.24, 2.45) is 4.99 Å². The lowest BCUT2D eigenvalue weighted by molar-refractivity contribution is 1.42. The van der Waals surface area contributed by atoms with Crippen molar-refractivity contribution >= 4 is 5.71 Å². The first-order chi connectivity index (χ1) is 7.27. The van der Waals surface area contributed by atoms with E-state index in [-0.39, 0.29) is 0 Å². The van der Waals surface area contributed by atoms with Crippen LogP contribution in [-0.4, -0.2) is 12.8 Å². The predicted molar refractivity (Wildman–Crippen MR) is 67.5 cm³/mol.